The van der Waals surface area contributed by atoms with E-state index in [1.54, 1.807) is 0 Å². The Hall–Kier alpha value is -1.69. The van der Waals surface area contributed by atoms with Crippen molar-refractivity contribution in [3.63, 3.8) is 0 Å². The molecule has 1 aromatic carbocycles. The molecule has 0 fully saturated rings. The van der Waals surface area contributed by atoms with Crippen LogP contribution in [0.15, 0.2) is 24.3 Å². The second-order valence-electron chi connectivity index (χ2n) is 4.18. The highest BCUT2D eigenvalue weighted by Gasteiger charge is 2.22. The number of benzene rings is 1. The quantitative estimate of drug-likeness (QED) is 0.854. The molecule has 2 rings (SSSR count). The molecule has 2 N–H and O–H groups in total. The summed E-state index contributed by atoms with van der Waals surface area (Å²) < 4.78 is 5.51. The van der Waals surface area contributed by atoms with E-state index in [-0.39, 0.29) is 23.5 Å². The number of thioether (sulfide) groups is 1. The Labute approximate surface area is 115 Å². The molecule has 1 atom stereocenters. The zero-order chi connectivity index (χ0) is 13.7. The molecule has 1 heterocycles. The summed E-state index contributed by atoms with van der Waals surface area (Å²) in [7, 11) is 0. The maximum atomic E-state index is 11.7. The number of amides is 1. The summed E-state index contributed by atoms with van der Waals surface area (Å²) in [5, 5.41) is 11.4. The molecule has 0 radical (unpaired) electrons. The smallest absolute Gasteiger partial charge is 0.313 e. The fourth-order valence-electron chi connectivity index (χ4n) is 1.96. The summed E-state index contributed by atoms with van der Waals surface area (Å²) >= 11 is 1.10. The van der Waals surface area contributed by atoms with Crippen LogP contribution in [-0.2, 0) is 9.59 Å². The predicted octanol–water partition coefficient (Wildman–Crippen LogP) is 1.44. The van der Waals surface area contributed by atoms with Gasteiger partial charge in [0.25, 0.3) is 0 Å². The van der Waals surface area contributed by atoms with Gasteiger partial charge in [0.15, 0.2) is 0 Å². The van der Waals surface area contributed by atoms with Crippen molar-refractivity contribution in [1.82, 2.24) is 5.32 Å². The zero-order valence-corrected chi connectivity index (χ0v) is 11.1. The molecule has 19 heavy (non-hydrogen) atoms. The van der Waals surface area contributed by atoms with Crippen molar-refractivity contribution in [2.24, 2.45) is 0 Å². The van der Waals surface area contributed by atoms with Crippen LogP contribution in [0.5, 0.6) is 5.75 Å². The third-order valence-corrected chi connectivity index (χ3v) is 3.67. The third-order valence-electron chi connectivity index (χ3n) is 2.75. The Bertz CT molecular complexity index is 477. The number of nitrogens with one attached hydrogen (secondary N) is 1. The maximum Gasteiger partial charge on any atom is 0.313 e. The van der Waals surface area contributed by atoms with E-state index in [2.05, 4.69) is 5.32 Å². The van der Waals surface area contributed by atoms with E-state index in [1.807, 2.05) is 24.3 Å². The van der Waals surface area contributed by atoms with E-state index < -0.39 is 5.97 Å². The van der Waals surface area contributed by atoms with E-state index >= 15 is 0 Å². The minimum absolute atomic E-state index is 0.0529. The molecule has 0 aliphatic carbocycles. The molecule has 0 saturated carbocycles. The standard InChI is InChI=1S/C13H15NO4S/c15-12(7-19-8-13(16)17)14-10-5-6-18-11-4-2-1-3-9(10)11/h1-4,10H,5-8H2,(H,14,15)(H,16,17). The minimum atomic E-state index is -0.908. The molecule has 0 saturated heterocycles. The Morgan fingerprint density at radius 1 is 1.37 bits per heavy atom. The highest BCUT2D eigenvalue weighted by molar-refractivity contribution is 8.00. The van der Waals surface area contributed by atoms with Crippen molar-refractivity contribution in [3.8, 4) is 5.75 Å². The molecule has 102 valence electrons. The first-order chi connectivity index (χ1) is 9.16. The maximum absolute atomic E-state index is 11.7. The number of carboxylic acid groups (broad SMARTS) is 1. The highest BCUT2D eigenvalue weighted by Crippen LogP contribution is 2.31. The van der Waals surface area contributed by atoms with Gasteiger partial charge in [-0.1, -0.05) is 18.2 Å². The lowest BCUT2D eigenvalue weighted by atomic mass is 10.0. The number of para-hydroxylation sites is 1. The molecular weight excluding hydrogens is 266 g/mol. The number of carbonyl (C=O) groups is 2. The normalized spacial score (nSPS) is 17.2. The van der Waals surface area contributed by atoms with Crippen molar-refractivity contribution >= 4 is 23.6 Å². The molecule has 0 aromatic heterocycles. The van der Waals surface area contributed by atoms with Crippen molar-refractivity contribution < 1.29 is 19.4 Å². The second kappa shape index (κ2) is 6.47. The predicted molar refractivity (Wildman–Crippen MR) is 72.4 cm³/mol. The summed E-state index contributed by atoms with van der Waals surface area (Å²) in [6, 6.07) is 7.57. The Balaban J connectivity index is 1.90. The molecule has 6 heteroatoms. The number of carbonyl (C=O) groups excluding carboxylic acids is 1. The number of carboxylic acids is 1. The number of ether oxygens (including phenoxy) is 1. The van der Waals surface area contributed by atoms with Crippen LogP contribution in [0.4, 0.5) is 0 Å². The van der Waals surface area contributed by atoms with E-state index in [4.69, 9.17) is 9.84 Å². The Kier molecular flexibility index (Phi) is 4.68. The topological polar surface area (TPSA) is 75.6 Å². The summed E-state index contributed by atoms with van der Waals surface area (Å²) in [5.41, 5.74) is 0.977. The van der Waals surface area contributed by atoms with Crippen LogP contribution in [0.1, 0.15) is 18.0 Å². The molecule has 1 aromatic rings. The van der Waals surface area contributed by atoms with Crippen molar-refractivity contribution in [3.05, 3.63) is 29.8 Å². The molecular formula is C13H15NO4S. The van der Waals surface area contributed by atoms with Gasteiger partial charge in [0.2, 0.25) is 5.91 Å². The Morgan fingerprint density at radius 3 is 2.95 bits per heavy atom. The summed E-state index contributed by atoms with van der Waals surface area (Å²) in [6.07, 6.45) is 0.729. The van der Waals surface area contributed by atoms with Gasteiger partial charge in [0.1, 0.15) is 5.75 Å². The lowest BCUT2D eigenvalue weighted by Crippen LogP contribution is -2.33. The third kappa shape index (κ3) is 3.89. The van der Waals surface area contributed by atoms with Gasteiger partial charge in [-0.2, -0.15) is 0 Å². The number of hydrogen-bond donors (Lipinski definition) is 2. The molecule has 1 unspecified atom stereocenters. The van der Waals surface area contributed by atoms with E-state index in [0.717, 1.165) is 29.5 Å². The lowest BCUT2D eigenvalue weighted by molar-refractivity contribution is -0.133. The Morgan fingerprint density at radius 2 is 2.16 bits per heavy atom. The fourth-order valence-corrected chi connectivity index (χ4v) is 2.50. The van der Waals surface area contributed by atoms with Crippen LogP contribution in [-0.4, -0.2) is 35.1 Å². The summed E-state index contributed by atoms with van der Waals surface area (Å²) in [5.74, 6) is -0.150. The van der Waals surface area contributed by atoms with Gasteiger partial charge in [-0.25, -0.2) is 0 Å². The number of rotatable bonds is 5. The first kappa shape index (κ1) is 13.7. The number of hydrogen-bond acceptors (Lipinski definition) is 4. The van der Waals surface area contributed by atoms with Crippen LogP contribution in [0, 0.1) is 0 Å². The van der Waals surface area contributed by atoms with Gasteiger partial charge in [0, 0.05) is 12.0 Å². The van der Waals surface area contributed by atoms with Gasteiger partial charge in [-0.15, -0.1) is 11.8 Å². The monoisotopic (exact) mass is 281 g/mol. The molecule has 1 aliphatic heterocycles. The van der Waals surface area contributed by atoms with Gasteiger partial charge in [-0.05, 0) is 6.07 Å². The highest BCUT2D eigenvalue weighted by atomic mass is 32.2. The first-order valence-corrected chi connectivity index (χ1v) is 7.13. The average molecular weight is 281 g/mol. The van der Waals surface area contributed by atoms with E-state index in [1.165, 1.54) is 0 Å². The second-order valence-corrected chi connectivity index (χ2v) is 5.17. The molecule has 0 bridgehead atoms. The molecule has 0 spiro atoms. The molecule has 1 amide bonds. The number of fused-ring (bicyclic) bond motifs is 1. The van der Waals surface area contributed by atoms with Crippen LogP contribution < -0.4 is 10.1 Å². The van der Waals surface area contributed by atoms with Crippen LogP contribution in [0.3, 0.4) is 0 Å². The average Bonchev–Trinajstić information content (AvgIpc) is 2.39. The first-order valence-electron chi connectivity index (χ1n) is 5.97. The molecule has 1 aliphatic rings. The summed E-state index contributed by atoms with van der Waals surface area (Å²) in [6.45, 7) is 0.574. The van der Waals surface area contributed by atoms with E-state index in [0.29, 0.717) is 6.61 Å². The zero-order valence-electron chi connectivity index (χ0n) is 10.3. The van der Waals surface area contributed by atoms with Gasteiger partial charge in [-0.3, -0.25) is 9.59 Å². The number of aliphatic carboxylic acids is 1. The molecule has 5 nitrogen and oxygen atoms in total. The van der Waals surface area contributed by atoms with E-state index in [9.17, 15) is 9.59 Å². The van der Waals surface area contributed by atoms with Crippen LogP contribution in [0.25, 0.3) is 0 Å². The van der Waals surface area contributed by atoms with Crippen molar-refractivity contribution in [2.75, 3.05) is 18.1 Å². The van der Waals surface area contributed by atoms with Crippen molar-refractivity contribution in [1.29, 1.82) is 0 Å². The lowest BCUT2D eigenvalue weighted by Gasteiger charge is -2.26. The SMILES string of the molecule is O=C(O)CSCC(=O)NC1CCOc2ccccc21. The fraction of sp³-hybridized carbons (Fsp3) is 0.385. The van der Waals surface area contributed by atoms with Gasteiger partial charge < -0.3 is 15.2 Å². The van der Waals surface area contributed by atoms with Crippen LogP contribution >= 0.6 is 11.8 Å². The summed E-state index contributed by atoms with van der Waals surface area (Å²) in [4.78, 5) is 22.1. The van der Waals surface area contributed by atoms with Gasteiger partial charge in [0.05, 0.1) is 24.2 Å². The van der Waals surface area contributed by atoms with Crippen molar-refractivity contribution in [2.45, 2.75) is 12.5 Å². The largest absolute Gasteiger partial charge is 0.493 e. The van der Waals surface area contributed by atoms with Crippen LogP contribution in [0.2, 0.25) is 0 Å². The van der Waals surface area contributed by atoms with Gasteiger partial charge >= 0.3 is 5.97 Å². The minimum Gasteiger partial charge on any atom is -0.493 e.